The molecule has 0 aliphatic heterocycles. The average Bonchev–Trinajstić information content (AvgIpc) is 2.87. The van der Waals surface area contributed by atoms with E-state index in [0.717, 1.165) is 10.9 Å². The number of aromatic carboxylic acids is 1. The normalized spacial score (nSPS) is 12.2. The van der Waals surface area contributed by atoms with Crippen molar-refractivity contribution in [1.29, 1.82) is 0 Å². The number of carboxylic acid groups (broad SMARTS) is 1. The summed E-state index contributed by atoms with van der Waals surface area (Å²) >= 11 is 9.84. The highest BCUT2D eigenvalue weighted by molar-refractivity contribution is 9.10. The van der Waals surface area contributed by atoms with Gasteiger partial charge in [-0.05, 0) is 66.1 Å². The first-order chi connectivity index (χ1) is 17.3. The third-order valence-electron chi connectivity index (χ3n) is 5.73. The molecule has 4 aromatic rings. The molecule has 0 spiro atoms. The smallest absolute Gasteiger partial charge is 0.335 e. The Morgan fingerprint density at radius 2 is 2.03 bits per heavy atom. The molecule has 0 aliphatic carbocycles. The maximum absolute atomic E-state index is 13.3. The Morgan fingerprint density at radius 1 is 1.22 bits per heavy atom. The predicted octanol–water partition coefficient (Wildman–Crippen LogP) is 6.49. The molecule has 0 bridgehead atoms. The van der Waals surface area contributed by atoms with E-state index < -0.39 is 5.97 Å². The zero-order valence-electron chi connectivity index (χ0n) is 19.6. The Labute approximate surface area is 221 Å². The highest BCUT2D eigenvalue weighted by Gasteiger charge is 2.15. The largest absolute Gasteiger partial charge is 0.487 e. The van der Waals surface area contributed by atoms with Crippen LogP contribution in [0.25, 0.3) is 10.9 Å². The van der Waals surface area contributed by atoms with Crippen LogP contribution in [0.1, 0.15) is 53.5 Å². The molecule has 0 fully saturated rings. The summed E-state index contributed by atoms with van der Waals surface area (Å²) < 4.78 is 7.91. The lowest BCUT2D eigenvalue weighted by Gasteiger charge is -2.14. The molecule has 0 aliphatic rings. The Kier molecular flexibility index (Phi) is 7.86. The van der Waals surface area contributed by atoms with E-state index in [9.17, 15) is 9.59 Å². The molecule has 4 rings (SSSR count). The highest BCUT2D eigenvalue weighted by atomic mass is 79.9. The predicted molar refractivity (Wildman–Crippen MR) is 145 cm³/mol. The van der Waals surface area contributed by atoms with Crippen molar-refractivity contribution < 1.29 is 14.6 Å². The van der Waals surface area contributed by atoms with Gasteiger partial charge < -0.3 is 9.84 Å². The monoisotopic (exact) mass is 567 g/mol. The zero-order valence-corrected chi connectivity index (χ0v) is 22.0. The van der Waals surface area contributed by atoms with E-state index in [0.29, 0.717) is 38.6 Å². The molecule has 0 radical (unpaired) electrons. The van der Waals surface area contributed by atoms with Gasteiger partial charge in [0, 0.05) is 10.4 Å². The Morgan fingerprint density at radius 3 is 2.75 bits per heavy atom. The third kappa shape index (κ3) is 5.66. The molecule has 0 unspecified atom stereocenters. The molecular weight excluding hydrogens is 546 g/mol. The van der Waals surface area contributed by atoms with Crippen molar-refractivity contribution in [3.05, 3.63) is 103 Å². The minimum Gasteiger partial charge on any atom is -0.487 e. The van der Waals surface area contributed by atoms with Crippen LogP contribution in [0, 0.1) is 0 Å². The molecule has 3 aromatic carbocycles. The van der Waals surface area contributed by atoms with Gasteiger partial charge in [-0.3, -0.25) is 4.79 Å². The van der Waals surface area contributed by atoms with Gasteiger partial charge in [0.25, 0.3) is 5.56 Å². The van der Waals surface area contributed by atoms with E-state index >= 15 is 0 Å². The standard InChI is InChI=1S/C27H23BrClN3O4/c1-3-16(2)25-31-23-9-8-20(28)13-21(23)26(33)32(25)30-14-17-7-10-24(22(29)12-17)36-15-18-5-4-6-19(11-18)27(34)35/h4-14,16H,3,15H2,1-2H3,(H,34,35)/t16-/m1/s1. The summed E-state index contributed by atoms with van der Waals surface area (Å²) in [6.07, 6.45) is 2.36. The molecule has 0 saturated heterocycles. The number of hydrogen-bond donors (Lipinski definition) is 1. The second kappa shape index (κ2) is 11.1. The second-order valence-corrected chi connectivity index (χ2v) is 9.61. The molecule has 7 nitrogen and oxygen atoms in total. The first-order valence-electron chi connectivity index (χ1n) is 11.3. The lowest BCUT2D eigenvalue weighted by Crippen LogP contribution is -2.23. The maximum atomic E-state index is 13.3. The maximum Gasteiger partial charge on any atom is 0.335 e. The number of carbonyl (C=O) groups is 1. The fraction of sp³-hybridized carbons (Fsp3) is 0.185. The van der Waals surface area contributed by atoms with Crippen LogP contribution in [0.5, 0.6) is 5.75 Å². The van der Waals surface area contributed by atoms with Crippen molar-refractivity contribution in [2.45, 2.75) is 32.8 Å². The number of rotatable bonds is 8. The van der Waals surface area contributed by atoms with E-state index in [1.165, 1.54) is 10.7 Å². The van der Waals surface area contributed by atoms with E-state index in [2.05, 4.69) is 21.0 Å². The van der Waals surface area contributed by atoms with Crippen molar-refractivity contribution in [2.24, 2.45) is 5.10 Å². The van der Waals surface area contributed by atoms with Crippen LogP contribution in [0.15, 0.2) is 75.0 Å². The van der Waals surface area contributed by atoms with Gasteiger partial charge in [-0.1, -0.05) is 53.5 Å². The Bertz CT molecular complexity index is 1530. The summed E-state index contributed by atoms with van der Waals surface area (Å²) in [6, 6.07) is 17.1. The molecule has 36 heavy (non-hydrogen) atoms. The number of carboxylic acids is 1. The average molecular weight is 569 g/mol. The summed E-state index contributed by atoms with van der Waals surface area (Å²) in [6.45, 7) is 4.21. The van der Waals surface area contributed by atoms with Gasteiger partial charge in [-0.2, -0.15) is 9.78 Å². The van der Waals surface area contributed by atoms with Crippen LogP contribution in [0.4, 0.5) is 0 Å². The number of benzene rings is 3. The number of halogens is 2. The summed E-state index contributed by atoms with van der Waals surface area (Å²) in [5.74, 6) is 0.0673. The topological polar surface area (TPSA) is 93.8 Å². The van der Waals surface area contributed by atoms with Gasteiger partial charge in [0.1, 0.15) is 18.2 Å². The molecule has 9 heteroatoms. The third-order valence-corrected chi connectivity index (χ3v) is 6.52. The second-order valence-electron chi connectivity index (χ2n) is 8.29. The fourth-order valence-corrected chi connectivity index (χ4v) is 4.18. The van der Waals surface area contributed by atoms with Crippen LogP contribution in [-0.2, 0) is 6.61 Å². The van der Waals surface area contributed by atoms with Gasteiger partial charge >= 0.3 is 5.97 Å². The molecule has 1 heterocycles. The van der Waals surface area contributed by atoms with E-state index in [4.69, 9.17) is 26.4 Å². The summed E-state index contributed by atoms with van der Waals surface area (Å²) in [5, 5.41) is 14.4. The Balaban J connectivity index is 1.60. The Hall–Kier alpha value is -3.49. The molecule has 184 valence electrons. The fourth-order valence-electron chi connectivity index (χ4n) is 3.57. The first-order valence-corrected chi connectivity index (χ1v) is 12.4. The number of fused-ring (bicyclic) bond motifs is 1. The number of nitrogens with zero attached hydrogens (tertiary/aromatic N) is 3. The SMILES string of the molecule is CC[C@@H](C)c1nc2ccc(Br)cc2c(=O)n1N=Cc1ccc(OCc2cccc(C(=O)O)c2)c(Cl)c1. The highest BCUT2D eigenvalue weighted by Crippen LogP contribution is 2.26. The zero-order chi connectivity index (χ0) is 25.8. The molecule has 1 aromatic heterocycles. The van der Waals surface area contributed by atoms with Crippen molar-refractivity contribution in [3.8, 4) is 5.75 Å². The van der Waals surface area contributed by atoms with E-state index in [1.54, 1.807) is 48.7 Å². The van der Waals surface area contributed by atoms with Crippen molar-refractivity contribution in [2.75, 3.05) is 0 Å². The van der Waals surface area contributed by atoms with Gasteiger partial charge in [-0.15, -0.1) is 0 Å². The molecular formula is C27H23BrClN3O4. The number of hydrogen-bond acceptors (Lipinski definition) is 5. The summed E-state index contributed by atoms with van der Waals surface area (Å²) in [7, 11) is 0. The van der Waals surface area contributed by atoms with Gasteiger partial charge in [0.05, 0.1) is 27.7 Å². The van der Waals surface area contributed by atoms with Crippen LogP contribution in [0.2, 0.25) is 5.02 Å². The van der Waals surface area contributed by atoms with Crippen LogP contribution in [0.3, 0.4) is 0 Å². The lowest BCUT2D eigenvalue weighted by molar-refractivity contribution is 0.0696. The molecule has 0 saturated carbocycles. The van der Waals surface area contributed by atoms with Gasteiger partial charge in [0.2, 0.25) is 0 Å². The van der Waals surface area contributed by atoms with E-state index in [-0.39, 0.29) is 23.6 Å². The van der Waals surface area contributed by atoms with Crippen LogP contribution in [-0.4, -0.2) is 27.0 Å². The number of ether oxygens (including phenoxy) is 1. The minimum absolute atomic E-state index is 0.0295. The van der Waals surface area contributed by atoms with Crippen LogP contribution >= 0.6 is 27.5 Å². The summed E-state index contributed by atoms with van der Waals surface area (Å²) in [4.78, 5) is 29.1. The molecule has 0 amide bonds. The summed E-state index contributed by atoms with van der Waals surface area (Å²) in [5.41, 5.74) is 1.96. The van der Waals surface area contributed by atoms with Crippen molar-refractivity contribution >= 4 is 50.6 Å². The minimum atomic E-state index is -0.997. The lowest BCUT2D eigenvalue weighted by atomic mass is 10.1. The molecule has 1 atom stereocenters. The van der Waals surface area contributed by atoms with E-state index in [1.807, 2.05) is 26.0 Å². The van der Waals surface area contributed by atoms with Crippen molar-refractivity contribution in [1.82, 2.24) is 9.66 Å². The quantitative estimate of drug-likeness (QED) is 0.245. The van der Waals surface area contributed by atoms with Crippen molar-refractivity contribution in [3.63, 3.8) is 0 Å². The van der Waals surface area contributed by atoms with Gasteiger partial charge in [0.15, 0.2) is 0 Å². The first kappa shape index (κ1) is 25.6. The number of aromatic nitrogens is 2. The van der Waals surface area contributed by atoms with Gasteiger partial charge in [-0.25, -0.2) is 9.78 Å². The molecule has 1 N–H and O–H groups in total. The van der Waals surface area contributed by atoms with Crippen LogP contribution < -0.4 is 10.3 Å².